The summed E-state index contributed by atoms with van der Waals surface area (Å²) in [6, 6.07) is 9.40. The van der Waals surface area contributed by atoms with Gasteiger partial charge in [0.2, 0.25) is 5.91 Å². The summed E-state index contributed by atoms with van der Waals surface area (Å²) in [6.07, 6.45) is 10.4. The third-order valence-electron chi connectivity index (χ3n) is 6.90. The van der Waals surface area contributed by atoms with Crippen molar-refractivity contribution < 1.29 is 4.79 Å². The summed E-state index contributed by atoms with van der Waals surface area (Å²) in [7, 11) is 0. The van der Waals surface area contributed by atoms with Crippen molar-refractivity contribution in [1.29, 1.82) is 0 Å². The maximum absolute atomic E-state index is 11.5. The van der Waals surface area contributed by atoms with Gasteiger partial charge in [0.15, 0.2) is 0 Å². The van der Waals surface area contributed by atoms with E-state index in [0.29, 0.717) is 23.6 Å². The Morgan fingerprint density at radius 1 is 1.18 bits per heavy atom. The summed E-state index contributed by atoms with van der Waals surface area (Å²) in [4.78, 5) is 14.3. The molecule has 2 aliphatic rings. The van der Waals surface area contributed by atoms with Crippen LogP contribution in [-0.2, 0) is 0 Å². The number of nitrogens with two attached hydrogens (primary N) is 1. The Morgan fingerprint density at radius 2 is 1.86 bits per heavy atom. The monoisotopic (exact) mass is 385 g/mol. The third-order valence-corrected chi connectivity index (χ3v) is 6.90. The lowest BCUT2D eigenvalue weighted by atomic mass is 9.84. The number of hydrogen-bond acceptors (Lipinski definition) is 3. The molecule has 2 saturated heterocycles. The molecule has 3 rings (SSSR count). The molecule has 0 aromatic heterocycles. The van der Waals surface area contributed by atoms with E-state index in [2.05, 4.69) is 30.1 Å². The van der Waals surface area contributed by atoms with E-state index >= 15 is 0 Å². The van der Waals surface area contributed by atoms with Crippen LogP contribution in [-0.4, -0.2) is 42.5 Å². The fourth-order valence-corrected chi connectivity index (χ4v) is 5.54. The highest BCUT2D eigenvalue weighted by atomic mass is 16.1. The van der Waals surface area contributed by atoms with E-state index in [-0.39, 0.29) is 5.91 Å². The third kappa shape index (κ3) is 5.36. The summed E-state index contributed by atoms with van der Waals surface area (Å²) in [5, 5.41) is 3.74. The Morgan fingerprint density at radius 3 is 2.46 bits per heavy atom. The van der Waals surface area contributed by atoms with Crippen LogP contribution in [0.4, 0.5) is 0 Å². The summed E-state index contributed by atoms with van der Waals surface area (Å²) >= 11 is 0. The van der Waals surface area contributed by atoms with Crippen LogP contribution in [0.25, 0.3) is 0 Å². The van der Waals surface area contributed by atoms with E-state index in [4.69, 9.17) is 5.73 Å². The van der Waals surface area contributed by atoms with E-state index < -0.39 is 0 Å². The molecule has 3 atom stereocenters. The van der Waals surface area contributed by atoms with Gasteiger partial charge in [-0.15, -0.1) is 0 Å². The highest BCUT2D eigenvalue weighted by Gasteiger charge is 2.40. The first-order valence-corrected chi connectivity index (χ1v) is 11.5. The number of fused-ring (bicyclic) bond motifs is 2. The number of hydrogen-bond donors (Lipinski definition) is 2. The predicted molar refractivity (Wildman–Crippen MR) is 117 cm³/mol. The quantitative estimate of drug-likeness (QED) is 0.558. The molecule has 4 heteroatoms. The first-order chi connectivity index (χ1) is 13.6. The van der Waals surface area contributed by atoms with E-state index in [9.17, 15) is 4.79 Å². The average molecular weight is 386 g/mol. The van der Waals surface area contributed by atoms with E-state index in [0.717, 1.165) is 12.5 Å². The fraction of sp³-hybridized carbons (Fsp3) is 0.708. The molecule has 4 nitrogen and oxygen atoms in total. The molecule has 0 aliphatic carbocycles. The molecule has 0 saturated carbocycles. The van der Waals surface area contributed by atoms with Gasteiger partial charge in [-0.25, -0.2) is 0 Å². The second kappa shape index (κ2) is 10.4. The molecule has 3 N–H and O–H groups in total. The summed E-state index contributed by atoms with van der Waals surface area (Å²) < 4.78 is 0. The van der Waals surface area contributed by atoms with E-state index in [1.165, 1.54) is 70.0 Å². The zero-order valence-corrected chi connectivity index (χ0v) is 17.8. The number of amides is 1. The molecule has 156 valence electrons. The van der Waals surface area contributed by atoms with Crippen LogP contribution >= 0.6 is 0 Å². The molecular formula is C24H39N3O. The van der Waals surface area contributed by atoms with Gasteiger partial charge in [0, 0.05) is 30.7 Å². The molecule has 2 bridgehead atoms. The lowest BCUT2D eigenvalue weighted by molar-refractivity contribution is 0.1000. The summed E-state index contributed by atoms with van der Waals surface area (Å²) in [6.45, 7) is 8.05. The van der Waals surface area contributed by atoms with Crippen molar-refractivity contribution in [2.24, 2.45) is 11.7 Å². The Bertz CT molecular complexity index is 612. The molecule has 0 spiro atoms. The number of nitrogens with one attached hydrogen (secondary N) is 1. The average Bonchev–Trinajstić information content (AvgIpc) is 2.92. The van der Waals surface area contributed by atoms with Crippen LogP contribution in [0.15, 0.2) is 24.3 Å². The second-order valence-corrected chi connectivity index (χ2v) is 8.93. The van der Waals surface area contributed by atoms with Gasteiger partial charge in [-0.05, 0) is 74.6 Å². The summed E-state index contributed by atoms with van der Waals surface area (Å²) in [5.41, 5.74) is 7.42. The number of nitrogens with zero attached hydrogens (tertiary/aromatic N) is 1. The van der Waals surface area contributed by atoms with Gasteiger partial charge < -0.3 is 11.1 Å². The Kier molecular flexibility index (Phi) is 7.92. The van der Waals surface area contributed by atoms with Gasteiger partial charge in [-0.3, -0.25) is 9.69 Å². The number of piperidine rings is 1. The van der Waals surface area contributed by atoms with Crippen molar-refractivity contribution in [3.05, 3.63) is 35.4 Å². The van der Waals surface area contributed by atoms with Gasteiger partial charge >= 0.3 is 0 Å². The van der Waals surface area contributed by atoms with Crippen LogP contribution in [0.1, 0.15) is 87.1 Å². The first kappa shape index (κ1) is 21.3. The van der Waals surface area contributed by atoms with Crippen molar-refractivity contribution in [3.63, 3.8) is 0 Å². The van der Waals surface area contributed by atoms with Gasteiger partial charge in [-0.2, -0.15) is 0 Å². The normalized spacial score (nSPS) is 24.8. The zero-order valence-electron chi connectivity index (χ0n) is 17.8. The minimum absolute atomic E-state index is 0.321. The van der Waals surface area contributed by atoms with Crippen molar-refractivity contribution >= 4 is 5.91 Å². The van der Waals surface area contributed by atoms with Crippen molar-refractivity contribution in [3.8, 4) is 0 Å². The highest BCUT2D eigenvalue weighted by Crippen LogP contribution is 2.42. The van der Waals surface area contributed by atoms with Gasteiger partial charge in [0.05, 0.1) is 0 Å². The van der Waals surface area contributed by atoms with Crippen LogP contribution in [0.5, 0.6) is 0 Å². The van der Waals surface area contributed by atoms with E-state index in [1.54, 1.807) is 0 Å². The summed E-state index contributed by atoms with van der Waals surface area (Å²) in [5.74, 6) is 1.09. The molecule has 2 aliphatic heterocycles. The van der Waals surface area contributed by atoms with E-state index in [1.807, 2.05) is 18.2 Å². The SMILES string of the molecule is CCCC(CCC)CNCCN1[C@@H]2CC[C@H]1CC(c1cccc(C(N)=O)c1)C2. The van der Waals surface area contributed by atoms with Gasteiger partial charge in [-0.1, -0.05) is 38.8 Å². The Labute approximate surface area is 171 Å². The molecule has 1 unspecified atom stereocenters. The lowest BCUT2D eigenvalue weighted by Gasteiger charge is -2.39. The van der Waals surface area contributed by atoms with Gasteiger partial charge in [0.25, 0.3) is 0 Å². The lowest BCUT2D eigenvalue weighted by Crippen LogP contribution is -2.45. The molecule has 1 aromatic rings. The predicted octanol–water partition coefficient (Wildman–Crippen LogP) is 4.30. The van der Waals surface area contributed by atoms with Crippen LogP contribution < -0.4 is 11.1 Å². The Balaban J connectivity index is 1.49. The maximum atomic E-state index is 11.5. The van der Waals surface area contributed by atoms with Crippen LogP contribution in [0.3, 0.4) is 0 Å². The number of rotatable bonds is 11. The molecule has 2 fully saturated rings. The molecule has 1 aromatic carbocycles. The molecule has 1 amide bonds. The standard InChI is InChI=1S/C24H39N3O/c1-3-6-18(7-4-2)17-26-12-13-27-22-10-11-23(27)16-21(15-22)19-8-5-9-20(14-19)24(25)28/h5,8-9,14,18,21-23,26H,3-4,6-7,10-13,15-17H2,1-2H3,(H2,25,28)/t21?,22-,23+. The molecular weight excluding hydrogens is 346 g/mol. The highest BCUT2D eigenvalue weighted by molar-refractivity contribution is 5.92. The number of carbonyl (C=O) groups excluding carboxylic acids is 1. The molecule has 2 heterocycles. The van der Waals surface area contributed by atoms with Crippen LogP contribution in [0, 0.1) is 5.92 Å². The first-order valence-electron chi connectivity index (χ1n) is 11.5. The maximum Gasteiger partial charge on any atom is 0.248 e. The zero-order chi connectivity index (χ0) is 19.9. The van der Waals surface area contributed by atoms with Crippen molar-refractivity contribution in [1.82, 2.24) is 10.2 Å². The second-order valence-electron chi connectivity index (χ2n) is 8.93. The van der Waals surface area contributed by atoms with Crippen LogP contribution in [0.2, 0.25) is 0 Å². The molecule has 28 heavy (non-hydrogen) atoms. The van der Waals surface area contributed by atoms with Crippen molar-refractivity contribution in [2.45, 2.75) is 83.2 Å². The topological polar surface area (TPSA) is 58.4 Å². The Hall–Kier alpha value is -1.39. The smallest absolute Gasteiger partial charge is 0.248 e. The minimum Gasteiger partial charge on any atom is -0.366 e. The van der Waals surface area contributed by atoms with Gasteiger partial charge in [0.1, 0.15) is 0 Å². The number of benzene rings is 1. The fourth-order valence-electron chi connectivity index (χ4n) is 5.54. The molecule has 0 radical (unpaired) electrons. The number of primary amides is 1. The largest absolute Gasteiger partial charge is 0.366 e. The minimum atomic E-state index is -0.321. The number of carbonyl (C=O) groups is 1. The van der Waals surface area contributed by atoms with Crippen molar-refractivity contribution in [2.75, 3.05) is 19.6 Å².